The SMILES string of the molecule is CC(=NNC(=O)c1cccc(Br)c1)c1ccc(NC(=O)C(F)(F)F)cc1. The second-order valence-corrected chi connectivity index (χ2v) is 6.09. The van der Waals surface area contributed by atoms with Crippen LogP contribution in [0.3, 0.4) is 0 Å². The molecule has 2 amide bonds. The molecule has 0 fully saturated rings. The lowest BCUT2D eigenvalue weighted by Crippen LogP contribution is -2.29. The Morgan fingerprint density at radius 1 is 1.04 bits per heavy atom. The van der Waals surface area contributed by atoms with Crippen LogP contribution >= 0.6 is 15.9 Å². The fraction of sp³-hybridized carbons (Fsp3) is 0.118. The highest BCUT2D eigenvalue weighted by atomic mass is 79.9. The third-order valence-electron chi connectivity index (χ3n) is 3.23. The summed E-state index contributed by atoms with van der Waals surface area (Å²) in [6.45, 7) is 1.63. The molecule has 0 unspecified atom stereocenters. The van der Waals surface area contributed by atoms with E-state index in [9.17, 15) is 22.8 Å². The van der Waals surface area contributed by atoms with Gasteiger partial charge in [-0.3, -0.25) is 9.59 Å². The molecule has 0 aliphatic heterocycles. The van der Waals surface area contributed by atoms with Crippen LogP contribution in [0.5, 0.6) is 0 Å². The Bertz CT molecular complexity index is 849. The average Bonchev–Trinajstić information content (AvgIpc) is 2.59. The Kier molecular flexibility index (Phi) is 6.14. The largest absolute Gasteiger partial charge is 0.471 e. The summed E-state index contributed by atoms with van der Waals surface area (Å²) in [6, 6.07) is 12.4. The van der Waals surface area contributed by atoms with Gasteiger partial charge in [0.25, 0.3) is 5.91 Å². The molecule has 0 saturated carbocycles. The van der Waals surface area contributed by atoms with Gasteiger partial charge >= 0.3 is 12.1 Å². The summed E-state index contributed by atoms with van der Waals surface area (Å²) in [5.74, 6) is -2.45. The van der Waals surface area contributed by atoms with Gasteiger partial charge in [0.2, 0.25) is 0 Å². The second kappa shape index (κ2) is 8.13. The van der Waals surface area contributed by atoms with Crippen molar-refractivity contribution in [1.82, 2.24) is 5.43 Å². The number of rotatable bonds is 4. The molecule has 0 aliphatic carbocycles. The van der Waals surface area contributed by atoms with Crippen LogP contribution in [0.4, 0.5) is 18.9 Å². The number of nitrogens with zero attached hydrogens (tertiary/aromatic N) is 1. The van der Waals surface area contributed by atoms with E-state index in [1.54, 1.807) is 36.5 Å². The van der Waals surface area contributed by atoms with Gasteiger partial charge in [-0.15, -0.1) is 0 Å². The molecular weight excluding hydrogens is 415 g/mol. The fourth-order valence-electron chi connectivity index (χ4n) is 1.89. The van der Waals surface area contributed by atoms with Crippen LogP contribution in [0.2, 0.25) is 0 Å². The molecule has 0 aromatic heterocycles. The molecule has 5 nitrogen and oxygen atoms in total. The summed E-state index contributed by atoms with van der Waals surface area (Å²) in [7, 11) is 0. The van der Waals surface area contributed by atoms with E-state index in [0.717, 1.165) is 4.47 Å². The number of halogens is 4. The Balaban J connectivity index is 2.03. The second-order valence-electron chi connectivity index (χ2n) is 5.18. The number of carbonyl (C=O) groups excluding carboxylic acids is 2. The lowest BCUT2D eigenvalue weighted by molar-refractivity contribution is -0.167. The number of carbonyl (C=O) groups is 2. The lowest BCUT2D eigenvalue weighted by Gasteiger charge is -2.08. The molecule has 0 atom stereocenters. The maximum absolute atomic E-state index is 12.2. The number of nitrogens with one attached hydrogen (secondary N) is 2. The van der Waals surface area contributed by atoms with Crippen LogP contribution in [-0.2, 0) is 4.79 Å². The van der Waals surface area contributed by atoms with E-state index in [-0.39, 0.29) is 5.69 Å². The molecule has 0 saturated heterocycles. The van der Waals surface area contributed by atoms with Crippen molar-refractivity contribution in [3.05, 3.63) is 64.1 Å². The highest BCUT2D eigenvalue weighted by Crippen LogP contribution is 2.18. The maximum atomic E-state index is 12.2. The summed E-state index contributed by atoms with van der Waals surface area (Å²) < 4.78 is 37.4. The molecule has 0 bridgehead atoms. The van der Waals surface area contributed by atoms with E-state index < -0.39 is 18.0 Å². The Morgan fingerprint density at radius 3 is 2.27 bits per heavy atom. The minimum absolute atomic E-state index is 0.00189. The quantitative estimate of drug-likeness (QED) is 0.569. The van der Waals surface area contributed by atoms with Crippen LogP contribution in [0.25, 0.3) is 0 Å². The van der Waals surface area contributed by atoms with Gasteiger partial charge in [-0.1, -0.05) is 34.1 Å². The highest BCUT2D eigenvalue weighted by Gasteiger charge is 2.38. The van der Waals surface area contributed by atoms with E-state index in [0.29, 0.717) is 16.8 Å². The van der Waals surface area contributed by atoms with Crippen molar-refractivity contribution in [2.75, 3.05) is 5.32 Å². The predicted molar refractivity (Wildman–Crippen MR) is 94.9 cm³/mol. The van der Waals surface area contributed by atoms with E-state index in [4.69, 9.17) is 0 Å². The van der Waals surface area contributed by atoms with Crippen LogP contribution in [0.1, 0.15) is 22.8 Å². The Hall–Kier alpha value is -2.68. The van der Waals surface area contributed by atoms with Crippen molar-refractivity contribution < 1.29 is 22.8 Å². The zero-order chi connectivity index (χ0) is 19.3. The zero-order valence-corrected chi connectivity index (χ0v) is 15.0. The first kappa shape index (κ1) is 19.6. The smallest absolute Gasteiger partial charge is 0.318 e. The van der Waals surface area contributed by atoms with E-state index >= 15 is 0 Å². The highest BCUT2D eigenvalue weighted by molar-refractivity contribution is 9.10. The summed E-state index contributed by atoms with van der Waals surface area (Å²) in [5.41, 5.74) is 3.84. The molecule has 2 aromatic carbocycles. The molecule has 2 aromatic rings. The first-order chi connectivity index (χ1) is 12.2. The molecule has 26 heavy (non-hydrogen) atoms. The van der Waals surface area contributed by atoms with E-state index in [1.807, 2.05) is 0 Å². The number of hydrazone groups is 1. The van der Waals surface area contributed by atoms with Crippen molar-refractivity contribution in [1.29, 1.82) is 0 Å². The number of benzene rings is 2. The van der Waals surface area contributed by atoms with Gasteiger partial charge in [0.15, 0.2) is 0 Å². The van der Waals surface area contributed by atoms with Gasteiger partial charge in [-0.2, -0.15) is 18.3 Å². The van der Waals surface area contributed by atoms with Crippen molar-refractivity contribution in [3.63, 3.8) is 0 Å². The maximum Gasteiger partial charge on any atom is 0.471 e. The number of hydrogen-bond acceptors (Lipinski definition) is 3. The van der Waals surface area contributed by atoms with Crippen molar-refractivity contribution in [2.45, 2.75) is 13.1 Å². The van der Waals surface area contributed by atoms with Crippen LogP contribution in [0, 0.1) is 0 Å². The van der Waals surface area contributed by atoms with Gasteiger partial charge in [0, 0.05) is 15.7 Å². The van der Waals surface area contributed by atoms with Crippen LogP contribution in [0.15, 0.2) is 58.1 Å². The van der Waals surface area contributed by atoms with Crippen LogP contribution in [-0.4, -0.2) is 23.7 Å². The standard InChI is InChI=1S/C17H13BrF3N3O2/c1-10(23-24-15(25)12-3-2-4-13(18)9-12)11-5-7-14(8-6-11)22-16(26)17(19,20)21/h2-9H,1H3,(H,22,26)(H,24,25). The molecule has 0 radical (unpaired) electrons. The fourth-order valence-corrected chi connectivity index (χ4v) is 2.29. The van der Waals surface area contributed by atoms with Gasteiger partial charge in [0.1, 0.15) is 0 Å². The third kappa shape index (κ3) is 5.41. The molecular formula is C17H13BrF3N3O2. The summed E-state index contributed by atoms with van der Waals surface area (Å²) >= 11 is 3.27. The van der Waals surface area contributed by atoms with Gasteiger partial charge in [-0.05, 0) is 42.8 Å². The molecule has 2 rings (SSSR count). The average molecular weight is 428 g/mol. The summed E-state index contributed by atoms with van der Waals surface area (Å²) in [6.07, 6.45) is -4.95. The van der Waals surface area contributed by atoms with Crippen molar-refractivity contribution in [2.24, 2.45) is 5.10 Å². The van der Waals surface area contributed by atoms with Gasteiger partial charge in [-0.25, -0.2) is 5.43 Å². The molecule has 9 heteroatoms. The van der Waals surface area contributed by atoms with Gasteiger partial charge in [0.05, 0.1) is 5.71 Å². The van der Waals surface area contributed by atoms with Crippen LogP contribution < -0.4 is 10.7 Å². The molecule has 0 heterocycles. The zero-order valence-electron chi connectivity index (χ0n) is 13.4. The molecule has 136 valence electrons. The number of hydrogen-bond donors (Lipinski definition) is 2. The third-order valence-corrected chi connectivity index (χ3v) is 3.72. The topological polar surface area (TPSA) is 70.6 Å². The van der Waals surface area contributed by atoms with Gasteiger partial charge < -0.3 is 5.32 Å². The summed E-state index contributed by atoms with van der Waals surface area (Å²) in [4.78, 5) is 22.9. The van der Waals surface area contributed by atoms with E-state index in [1.165, 1.54) is 24.3 Å². The molecule has 0 aliphatic rings. The number of alkyl halides is 3. The number of amides is 2. The first-order valence-electron chi connectivity index (χ1n) is 7.25. The number of anilines is 1. The van der Waals surface area contributed by atoms with Crippen molar-refractivity contribution >= 4 is 39.1 Å². The Morgan fingerprint density at radius 2 is 1.69 bits per heavy atom. The molecule has 2 N–H and O–H groups in total. The lowest BCUT2D eigenvalue weighted by atomic mass is 10.1. The monoisotopic (exact) mass is 427 g/mol. The minimum atomic E-state index is -4.95. The van der Waals surface area contributed by atoms with E-state index in [2.05, 4.69) is 26.5 Å². The predicted octanol–water partition coefficient (Wildman–Crippen LogP) is 4.10. The van der Waals surface area contributed by atoms with Crippen molar-refractivity contribution in [3.8, 4) is 0 Å². The Labute approximate surface area is 155 Å². The normalized spacial score (nSPS) is 11.8. The molecule has 0 spiro atoms. The minimum Gasteiger partial charge on any atom is -0.318 e. The summed E-state index contributed by atoms with van der Waals surface area (Å²) in [5, 5.41) is 5.71. The first-order valence-corrected chi connectivity index (χ1v) is 8.05.